The molecule has 1 aromatic heterocycles. The van der Waals surface area contributed by atoms with Crippen LogP contribution in [-0.2, 0) is 6.18 Å². The highest BCUT2D eigenvalue weighted by atomic mass is 35.5. The molecule has 0 bridgehead atoms. The zero-order chi connectivity index (χ0) is 14.8. The van der Waals surface area contributed by atoms with Crippen LogP contribution in [0.5, 0.6) is 0 Å². The maximum Gasteiger partial charge on any atom is 0.417 e. The molecule has 0 atom stereocenters. The van der Waals surface area contributed by atoms with Gasteiger partial charge < -0.3 is 10.6 Å². The van der Waals surface area contributed by atoms with Crippen LogP contribution >= 0.6 is 11.6 Å². The molecule has 1 aliphatic rings. The molecule has 0 unspecified atom stereocenters. The average Bonchev–Trinajstić information content (AvgIpc) is 2.89. The molecule has 3 nitrogen and oxygen atoms in total. The van der Waals surface area contributed by atoms with Crippen LogP contribution in [0.1, 0.15) is 31.2 Å². The zero-order valence-electron chi connectivity index (χ0n) is 11.0. The standard InChI is InChI=1S/C13H17ClF3N3/c14-11-7-9(13(15,16)17)8-19-12(11)20(6-5-18)10-3-1-2-4-10/h7-8,10H,1-6,18H2. The summed E-state index contributed by atoms with van der Waals surface area (Å²) in [5, 5.41) is 0.0279. The Bertz CT molecular complexity index is 459. The monoisotopic (exact) mass is 307 g/mol. The Hall–Kier alpha value is -1.01. The lowest BCUT2D eigenvalue weighted by molar-refractivity contribution is -0.137. The van der Waals surface area contributed by atoms with E-state index in [4.69, 9.17) is 17.3 Å². The molecule has 1 heterocycles. The van der Waals surface area contributed by atoms with Gasteiger partial charge in [-0.25, -0.2) is 4.98 Å². The van der Waals surface area contributed by atoms with E-state index in [9.17, 15) is 13.2 Å². The van der Waals surface area contributed by atoms with E-state index in [1.807, 2.05) is 4.90 Å². The quantitative estimate of drug-likeness (QED) is 0.926. The van der Waals surface area contributed by atoms with Gasteiger partial charge in [0, 0.05) is 25.3 Å². The number of anilines is 1. The molecule has 0 aromatic carbocycles. The van der Waals surface area contributed by atoms with Crippen molar-refractivity contribution in [2.45, 2.75) is 37.9 Å². The summed E-state index contributed by atoms with van der Waals surface area (Å²) >= 11 is 6.00. The SMILES string of the molecule is NCCN(c1ncc(C(F)(F)F)cc1Cl)C1CCCC1. The van der Waals surface area contributed by atoms with Crippen molar-refractivity contribution in [1.82, 2.24) is 4.98 Å². The number of hydrogen-bond donors (Lipinski definition) is 1. The van der Waals surface area contributed by atoms with Crippen molar-refractivity contribution >= 4 is 17.4 Å². The number of hydrogen-bond acceptors (Lipinski definition) is 3. The minimum Gasteiger partial charge on any atom is -0.351 e. The van der Waals surface area contributed by atoms with Gasteiger partial charge in [-0.15, -0.1) is 0 Å². The molecule has 1 aromatic rings. The first-order valence-electron chi connectivity index (χ1n) is 6.63. The largest absolute Gasteiger partial charge is 0.417 e. The van der Waals surface area contributed by atoms with E-state index in [0.717, 1.165) is 37.9 Å². The van der Waals surface area contributed by atoms with Crippen molar-refractivity contribution in [1.29, 1.82) is 0 Å². The minimum atomic E-state index is -4.43. The topological polar surface area (TPSA) is 42.1 Å². The highest BCUT2D eigenvalue weighted by Gasteiger charge is 2.33. The third-order valence-electron chi connectivity index (χ3n) is 3.56. The van der Waals surface area contributed by atoms with Crippen LogP contribution in [0.15, 0.2) is 12.3 Å². The maximum atomic E-state index is 12.6. The summed E-state index contributed by atoms with van der Waals surface area (Å²) in [6, 6.07) is 1.20. The molecule has 2 N–H and O–H groups in total. The summed E-state index contributed by atoms with van der Waals surface area (Å²) < 4.78 is 37.9. The molecule has 0 saturated heterocycles. The van der Waals surface area contributed by atoms with Gasteiger partial charge in [0.15, 0.2) is 0 Å². The Balaban J connectivity index is 2.29. The summed E-state index contributed by atoms with van der Waals surface area (Å²) in [5.74, 6) is 0.400. The van der Waals surface area contributed by atoms with Crippen molar-refractivity contribution in [3.05, 3.63) is 22.8 Å². The van der Waals surface area contributed by atoms with Gasteiger partial charge in [-0.1, -0.05) is 24.4 Å². The van der Waals surface area contributed by atoms with E-state index in [-0.39, 0.29) is 11.1 Å². The van der Waals surface area contributed by atoms with E-state index in [1.165, 1.54) is 0 Å². The second-order valence-electron chi connectivity index (χ2n) is 4.95. The highest BCUT2D eigenvalue weighted by Crippen LogP contribution is 2.35. The Labute approximate surface area is 120 Å². The average molecular weight is 308 g/mol. The third kappa shape index (κ3) is 3.35. The fourth-order valence-electron chi connectivity index (χ4n) is 2.61. The first-order valence-corrected chi connectivity index (χ1v) is 7.00. The summed E-state index contributed by atoms with van der Waals surface area (Å²) in [4.78, 5) is 5.87. The number of nitrogens with zero attached hydrogens (tertiary/aromatic N) is 2. The smallest absolute Gasteiger partial charge is 0.351 e. The van der Waals surface area contributed by atoms with Crippen molar-refractivity contribution in [2.75, 3.05) is 18.0 Å². The van der Waals surface area contributed by atoms with Gasteiger partial charge >= 0.3 is 6.18 Å². The molecule has 2 rings (SSSR count). The molecule has 0 amide bonds. The molecule has 112 valence electrons. The predicted octanol–water partition coefficient (Wildman–Crippen LogP) is 3.46. The van der Waals surface area contributed by atoms with Crippen molar-refractivity contribution in [2.24, 2.45) is 5.73 Å². The number of aromatic nitrogens is 1. The molecular formula is C13H17ClF3N3. The summed E-state index contributed by atoms with van der Waals surface area (Å²) in [6.45, 7) is 0.957. The molecular weight excluding hydrogens is 291 g/mol. The molecule has 1 saturated carbocycles. The van der Waals surface area contributed by atoms with Gasteiger partial charge in [0.1, 0.15) is 5.82 Å². The fourth-order valence-corrected chi connectivity index (χ4v) is 2.89. The molecule has 1 aliphatic carbocycles. The van der Waals surface area contributed by atoms with Crippen LogP contribution in [0.3, 0.4) is 0 Å². The lowest BCUT2D eigenvalue weighted by Gasteiger charge is -2.30. The van der Waals surface area contributed by atoms with E-state index in [0.29, 0.717) is 18.9 Å². The number of nitrogens with two attached hydrogens (primary N) is 1. The molecule has 1 fully saturated rings. The van der Waals surface area contributed by atoms with Crippen LogP contribution < -0.4 is 10.6 Å². The van der Waals surface area contributed by atoms with Crippen LogP contribution in [0, 0.1) is 0 Å². The van der Waals surface area contributed by atoms with E-state index in [2.05, 4.69) is 4.98 Å². The summed E-state index contributed by atoms with van der Waals surface area (Å²) in [5.41, 5.74) is 4.76. The van der Waals surface area contributed by atoms with E-state index < -0.39 is 11.7 Å². The minimum absolute atomic E-state index is 0.0279. The van der Waals surface area contributed by atoms with Crippen LogP contribution in [0.4, 0.5) is 19.0 Å². The Morgan fingerprint density at radius 1 is 1.35 bits per heavy atom. The number of rotatable bonds is 4. The second kappa shape index (κ2) is 6.18. The Morgan fingerprint density at radius 2 is 2.00 bits per heavy atom. The van der Waals surface area contributed by atoms with Gasteiger partial charge in [-0.3, -0.25) is 0 Å². The normalized spacial score (nSPS) is 16.6. The van der Waals surface area contributed by atoms with Crippen molar-refractivity contribution < 1.29 is 13.2 Å². The first kappa shape index (κ1) is 15.4. The van der Waals surface area contributed by atoms with E-state index >= 15 is 0 Å². The zero-order valence-corrected chi connectivity index (χ0v) is 11.7. The molecule has 0 aliphatic heterocycles. The Morgan fingerprint density at radius 3 is 2.50 bits per heavy atom. The van der Waals surface area contributed by atoms with Gasteiger partial charge in [0.25, 0.3) is 0 Å². The van der Waals surface area contributed by atoms with Crippen LogP contribution in [-0.4, -0.2) is 24.1 Å². The van der Waals surface area contributed by atoms with Gasteiger partial charge in [-0.2, -0.15) is 13.2 Å². The molecule has 0 spiro atoms. The van der Waals surface area contributed by atoms with Crippen LogP contribution in [0.2, 0.25) is 5.02 Å². The molecule has 20 heavy (non-hydrogen) atoms. The van der Waals surface area contributed by atoms with Gasteiger partial charge in [0.05, 0.1) is 10.6 Å². The van der Waals surface area contributed by atoms with Gasteiger partial charge in [0.2, 0.25) is 0 Å². The third-order valence-corrected chi connectivity index (χ3v) is 3.83. The number of halogens is 4. The number of alkyl halides is 3. The lowest BCUT2D eigenvalue weighted by atomic mass is 10.2. The molecule has 7 heteroatoms. The predicted molar refractivity (Wildman–Crippen MR) is 72.9 cm³/mol. The Kier molecular flexibility index (Phi) is 4.75. The first-order chi connectivity index (χ1) is 9.43. The second-order valence-corrected chi connectivity index (χ2v) is 5.35. The van der Waals surface area contributed by atoms with Gasteiger partial charge in [-0.05, 0) is 18.9 Å². The fraction of sp³-hybridized carbons (Fsp3) is 0.615. The highest BCUT2D eigenvalue weighted by molar-refractivity contribution is 6.33. The maximum absolute atomic E-state index is 12.6. The summed E-state index contributed by atoms with van der Waals surface area (Å²) in [7, 11) is 0. The van der Waals surface area contributed by atoms with Crippen molar-refractivity contribution in [3.63, 3.8) is 0 Å². The number of pyridine rings is 1. The van der Waals surface area contributed by atoms with Crippen molar-refractivity contribution in [3.8, 4) is 0 Å². The molecule has 0 radical (unpaired) electrons. The van der Waals surface area contributed by atoms with Crippen LogP contribution in [0.25, 0.3) is 0 Å². The lowest BCUT2D eigenvalue weighted by Crippen LogP contribution is -2.38. The van der Waals surface area contributed by atoms with E-state index in [1.54, 1.807) is 0 Å². The summed E-state index contributed by atoms with van der Waals surface area (Å²) in [6.07, 6.45) is 0.632.